The van der Waals surface area contributed by atoms with Crippen molar-refractivity contribution in [3.8, 4) is 0 Å². The molecule has 0 saturated carbocycles. The van der Waals surface area contributed by atoms with E-state index in [1.807, 2.05) is 13.0 Å². The van der Waals surface area contributed by atoms with Crippen molar-refractivity contribution < 1.29 is 19.1 Å². The Kier molecular flexibility index (Phi) is 6.67. The molecule has 0 atom stereocenters. The molecule has 1 aromatic heterocycles. The normalized spacial score (nSPS) is 13.9. The summed E-state index contributed by atoms with van der Waals surface area (Å²) in [6.45, 7) is 4.24. The van der Waals surface area contributed by atoms with Gasteiger partial charge >= 0.3 is 12.0 Å². The standard InChI is InChI=1S/C17H23N5O4/c1-4-26-16(24)12-8-19-17(25)20-13(12)9-22(3)10-15(23)21-14-6-5-11(2)7-18-14/h5-7H,4,8-10H2,1-3H3,(H,18,21,23)(H2,19,20,25). The molecule has 26 heavy (non-hydrogen) atoms. The van der Waals surface area contributed by atoms with Gasteiger partial charge in [-0.05, 0) is 32.5 Å². The van der Waals surface area contributed by atoms with Gasteiger partial charge in [0.25, 0.3) is 0 Å². The smallest absolute Gasteiger partial charge is 0.337 e. The molecule has 0 unspecified atom stereocenters. The Hall–Kier alpha value is -2.94. The fourth-order valence-corrected chi connectivity index (χ4v) is 2.38. The quantitative estimate of drug-likeness (QED) is 0.606. The number of carbonyl (C=O) groups is 3. The van der Waals surface area contributed by atoms with E-state index >= 15 is 0 Å². The second kappa shape index (κ2) is 8.95. The van der Waals surface area contributed by atoms with Crippen LogP contribution in [0.2, 0.25) is 0 Å². The highest BCUT2D eigenvalue weighted by atomic mass is 16.5. The van der Waals surface area contributed by atoms with E-state index in [2.05, 4.69) is 20.9 Å². The molecule has 0 aliphatic carbocycles. The van der Waals surface area contributed by atoms with Crippen LogP contribution in [-0.2, 0) is 14.3 Å². The van der Waals surface area contributed by atoms with E-state index in [9.17, 15) is 14.4 Å². The first-order valence-corrected chi connectivity index (χ1v) is 8.24. The lowest BCUT2D eigenvalue weighted by molar-refractivity contribution is -0.138. The monoisotopic (exact) mass is 361 g/mol. The SMILES string of the molecule is CCOC(=O)C1=C(CN(C)CC(=O)Nc2ccc(C)cn2)NC(=O)NC1. The fourth-order valence-electron chi connectivity index (χ4n) is 2.38. The molecule has 1 aliphatic rings. The molecule has 1 aromatic rings. The van der Waals surface area contributed by atoms with E-state index in [-0.39, 0.29) is 32.1 Å². The molecular weight excluding hydrogens is 338 g/mol. The lowest BCUT2D eigenvalue weighted by Crippen LogP contribution is -2.47. The van der Waals surface area contributed by atoms with Crippen molar-refractivity contribution in [2.45, 2.75) is 13.8 Å². The first kappa shape index (κ1) is 19.4. The average Bonchev–Trinajstić information content (AvgIpc) is 2.57. The van der Waals surface area contributed by atoms with Crippen molar-refractivity contribution in [1.29, 1.82) is 0 Å². The number of hydrogen-bond acceptors (Lipinski definition) is 6. The van der Waals surface area contributed by atoms with Crippen LogP contribution in [0, 0.1) is 6.92 Å². The molecule has 9 nitrogen and oxygen atoms in total. The number of esters is 1. The molecule has 0 fully saturated rings. The third-order valence-electron chi connectivity index (χ3n) is 3.60. The van der Waals surface area contributed by atoms with Crippen LogP contribution in [0.4, 0.5) is 10.6 Å². The lowest BCUT2D eigenvalue weighted by Gasteiger charge is -2.25. The molecule has 2 rings (SSSR count). The molecule has 1 aliphatic heterocycles. The summed E-state index contributed by atoms with van der Waals surface area (Å²) < 4.78 is 5.00. The van der Waals surface area contributed by atoms with Crippen molar-refractivity contribution in [2.75, 3.05) is 38.6 Å². The van der Waals surface area contributed by atoms with Crippen LogP contribution in [0.25, 0.3) is 0 Å². The number of urea groups is 1. The molecule has 3 amide bonds. The highest BCUT2D eigenvalue weighted by molar-refractivity contribution is 5.94. The predicted molar refractivity (Wildman–Crippen MR) is 95.3 cm³/mol. The Morgan fingerprint density at radius 1 is 1.38 bits per heavy atom. The average molecular weight is 361 g/mol. The van der Waals surface area contributed by atoms with Gasteiger partial charge in [-0.1, -0.05) is 6.07 Å². The van der Waals surface area contributed by atoms with Crippen molar-refractivity contribution in [1.82, 2.24) is 20.5 Å². The summed E-state index contributed by atoms with van der Waals surface area (Å²) in [5, 5.41) is 7.85. The molecule has 140 valence electrons. The predicted octanol–water partition coefficient (Wildman–Crippen LogP) is 0.390. The molecular formula is C17H23N5O4. The first-order chi connectivity index (χ1) is 12.4. The van der Waals surface area contributed by atoms with Gasteiger partial charge in [0, 0.05) is 18.4 Å². The highest BCUT2D eigenvalue weighted by Gasteiger charge is 2.24. The van der Waals surface area contributed by atoms with Crippen LogP contribution < -0.4 is 16.0 Å². The summed E-state index contributed by atoms with van der Waals surface area (Å²) >= 11 is 0. The van der Waals surface area contributed by atoms with Gasteiger partial charge in [0.15, 0.2) is 0 Å². The first-order valence-electron chi connectivity index (χ1n) is 8.24. The van der Waals surface area contributed by atoms with Crippen LogP contribution in [0.5, 0.6) is 0 Å². The summed E-state index contributed by atoms with van der Waals surface area (Å²) in [5.41, 5.74) is 1.77. The third kappa shape index (κ3) is 5.55. The van der Waals surface area contributed by atoms with E-state index in [1.54, 1.807) is 31.1 Å². The summed E-state index contributed by atoms with van der Waals surface area (Å²) in [7, 11) is 1.71. The van der Waals surface area contributed by atoms with Gasteiger partial charge < -0.3 is 20.7 Å². The van der Waals surface area contributed by atoms with Gasteiger partial charge in [-0.2, -0.15) is 0 Å². The van der Waals surface area contributed by atoms with Crippen LogP contribution >= 0.6 is 0 Å². The zero-order chi connectivity index (χ0) is 19.1. The largest absolute Gasteiger partial charge is 0.463 e. The maximum atomic E-state index is 12.1. The van der Waals surface area contributed by atoms with E-state index in [1.165, 1.54) is 0 Å². The molecule has 3 N–H and O–H groups in total. The van der Waals surface area contributed by atoms with Crippen molar-refractivity contribution in [2.24, 2.45) is 0 Å². The van der Waals surface area contributed by atoms with Gasteiger partial charge in [-0.3, -0.25) is 9.69 Å². The minimum absolute atomic E-state index is 0.0679. The number of nitrogens with zero attached hydrogens (tertiary/aromatic N) is 2. The molecule has 0 saturated heterocycles. The fraction of sp³-hybridized carbons (Fsp3) is 0.412. The van der Waals surface area contributed by atoms with E-state index in [0.717, 1.165) is 5.56 Å². The number of anilines is 1. The Bertz CT molecular complexity index is 714. The number of aryl methyl sites for hydroxylation is 1. The maximum absolute atomic E-state index is 12.1. The maximum Gasteiger partial charge on any atom is 0.337 e. The summed E-state index contributed by atoms with van der Waals surface area (Å²) in [4.78, 5) is 41.5. The number of pyridine rings is 1. The Balaban J connectivity index is 1.98. The second-order valence-corrected chi connectivity index (χ2v) is 5.93. The topological polar surface area (TPSA) is 113 Å². The van der Waals surface area contributed by atoms with Gasteiger partial charge in [0.1, 0.15) is 5.82 Å². The van der Waals surface area contributed by atoms with E-state index < -0.39 is 12.0 Å². The second-order valence-electron chi connectivity index (χ2n) is 5.93. The Morgan fingerprint density at radius 2 is 2.15 bits per heavy atom. The number of aromatic nitrogens is 1. The number of nitrogens with one attached hydrogen (secondary N) is 3. The number of likely N-dealkylation sites (N-methyl/N-ethyl adjacent to an activating group) is 1. The number of rotatable bonds is 7. The summed E-state index contributed by atoms with van der Waals surface area (Å²) in [6, 6.07) is 3.18. The van der Waals surface area contributed by atoms with Crippen molar-refractivity contribution >= 4 is 23.7 Å². The van der Waals surface area contributed by atoms with Gasteiger partial charge in [-0.15, -0.1) is 0 Å². The van der Waals surface area contributed by atoms with Crippen molar-refractivity contribution in [3.63, 3.8) is 0 Å². The Labute approximate surface area is 151 Å². The zero-order valence-electron chi connectivity index (χ0n) is 15.1. The number of ether oxygens (including phenoxy) is 1. The van der Waals surface area contributed by atoms with Crippen LogP contribution in [0.15, 0.2) is 29.6 Å². The van der Waals surface area contributed by atoms with E-state index in [4.69, 9.17) is 4.74 Å². The molecule has 9 heteroatoms. The molecule has 2 heterocycles. The summed E-state index contributed by atoms with van der Waals surface area (Å²) in [6.07, 6.45) is 1.67. The van der Waals surface area contributed by atoms with Gasteiger partial charge in [-0.25, -0.2) is 14.6 Å². The number of hydrogen-bond donors (Lipinski definition) is 3. The third-order valence-corrected chi connectivity index (χ3v) is 3.60. The van der Waals surface area contributed by atoms with Crippen LogP contribution in [0.1, 0.15) is 12.5 Å². The summed E-state index contributed by atoms with van der Waals surface area (Å²) in [5.74, 6) is -0.269. The van der Waals surface area contributed by atoms with Crippen LogP contribution in [0.3, 0.4) is 0 Å². The number of carbonyl (C=O) groups excluding carboxylic acids is 3. The van der Waals surface area contributed by atoms with Gasteiger partial charge in [0.05, 0.1) is 25.3 Å². The molecule has 0 spiro atoms. The lowest BCUT2D eigenvalue weighted by atomic mass is 10.1. The van der Waals surface area contributed by atoms with Gasteiger partial charge in [0.2, 0.25) is 5.91 Å². The molecule has 0 aromatic carbocycles. The van der Waals surface area contributed by atoms with Crippen molar-refractivity contribution in [3.05, 3.63) is 35.2 Å². The molecule has 0 radical (unpaired) electrons. The highest BCUT2D eigenvalue weighted by Crippen LogP contribution is 2.10. The zero-order valence-corrected chi connectivity index (χ0v) is 15.1. The number of amides is 3. The van der Waals surface area contributed by atoms with E-state index in [0.29, 0.717) is 17.1 Å². The van der Waals surface area contributed by atoms with Crippen LogP contribution in [-0.4, -0.2) is 61.1 Å². The Morgan fingerprint density at radius 3 is 2.81 bits per heavy atom. The molecule has 0 bridgehead atoms. The minimum Gasteiger partial charge on any atom is -0.463 e. The minimum atomic E-state index is -0.489.